The van der Waals surface area contributed by atoms with Gasteiger partial charge in [0.25, 0.3) is 0 Å². The molecule has 1 aromatic carbocycles. The van der Waals surface area contributed by atoms with Crippen molar-refractivity contribution < 1.29 is 0 Å². The van der Waals surface area contributed by atoms with Crippen LogP contribution in [-0.2, 0) is 0 Å². The van der Waals surface area contributed by atoms with Crippen molar-refractivity contribution in [3.05, 3.63) is 35.4 Å². The third-order valence-corrected chi connectivity index (χ3v) is 1.17. The quantitative estimate of drug-likeness (QED) is 0.565. The van der Waals surface area contributed by atoms with E-state index in [1.807, 2.05) is 6.92 Å². The van der Waals surface area contributed by atoms with Gasteiger partial charge in [-0.1, -0.05) is 42.3 Å². The van der Waals surface area contributed by atoms with Crippen molar-refractivity contribution >= 4 is 12.6 Å². The molecule has 0 aromatic heterocycles. The van der Waals surface area contributed by atoms with Crippen molar-refractivity contribution in [2.45, 2.75) is 20.8 Å². The standard InChI is InChI=1S/C8H10.C2H6S/c1-7-4-3-5-8(2)6-7;1-2-3/h3-6H,1-2H3;3H,2H2,1H3. The van der Waals surface area contributed by atoms with Gasteiger partial charge in [0.15, 0.2) is 0 Å². The van der Waals surface area contributed by atoms with Crippen LogP contribution in [0.5, 0.6) is 0 Å². The fraction of sp³-hybridized carbons (Fsp3) is 0.400. The van der Waals surface area contributed by atoms with E-state index in [0.717, 1.165) is 5.75 Å². The number of hydrogen-bond donors (Lipinski definition) is 1. The lowest BCUT2D eigenvalue weighted by Gasteiger charge is -1.90. The van der Waals surface area contributed by atoms with Crippen LogP contribution in [-0.4, -0.2) is 5.75 Å². The zero-order chi connectivity index (χ0) is 8.69. The second-order valence-electron chi connectivity index (χ2n) is 2.47. The van der Waals surface area contributed by atoms with Crippen LogP contribution in [0.4, 0.5) is 0 Å². The first-order valence-electron chi connectivity index (χ1n) is 3.84. The van der Waals surface area contributed by atoms with Gasteiger partial charge in [0.05, 0.1) is 0 Å². The average Bonchev–Trinajstić information content (AvgIpc) is 1.88. The van der Waals surface area contributed by atoms with E-state index in [9.17, 15) is 0 Å². The van der Waals surface area contributed by atoms with E-state index in [1.165, 1.54) is 11.1 Å². The molecule has 0 atom stereocenters. The molecule has 0 heterocycles. The molecule has 0 radical (unpaired) electrons. The summed E-state index contributed by atoms with van der Waals surface area (Å²) in [5, 5.41) is 0. The fourth-order valence-electron chi connectivity index (χ4n) is 0.807. The summed E-state index contributed by atoms with van der Waals surface area (Å²) in [6, 6.07) is 8.45. The van der Waals surface area contributed by atoms with Crippen molar-refractivity contribution in [3.63, 3.8) is 0 Å². The molecule has 0 nitrogen and oxygen atoms in total. The topological polar surface area (TPSA) is 0 Å². The van der Waals surface area contributed by atoms with Crippen LogP contribution in [0.3, 0.4) is 0 Å². The van der Waals surface area contributed by atoms with E-state index in [-0.39, 0.29) is 0 Å². The molecule has 0 bridgehead atoms. The highest BCUT2D eigenvalue weighted by atomic mass is 32.1. The van der Waals surface area contributed by atoms with Gasteiger partial charge in [-0.2, -0.15) is 12.6 Å². The molecule has 11 heavy (non-hydrogen) atoms. The number of rotatable bonds is 0. The summed E-state index contributed by atoms with van der Waals surface area (Å²) in [5.74, 6) is 0.944. The van der Waals surface area contributed by atoms with E-state index in [2.05, 4.69) is 50.7 Å². The number of aryl methyl sites for hydroxylation is 2. The Hall–Kier alpha value is -0.430. The molecule has 0 N–H and O–H groups in total. The van der Waals surface area contributed by atoms with Gasteiger partial charge in [-0.3, -0.25) is 0 Å². The predicted molar refractivity (Wildman–Crippen MR) is 55.4 cm³/mol. The highest BCUT2D eigenvalue weighted by Gasteiger charge is 1.80. The van der Waals surface area contributed by atoms with Gasteiger partial charge < -0.3 is 0 Å². The normalized spacial score (nSPS) is 8.36. The van der Waals surface area contributed by atoms with Crippen LogP contribution in [0, 0.1) is 13.8 Å². The van der Waals surface area contributed by atoms with Gasteiger partial charge in [-0.05, 0) is 19.6 Å². The third-order valence-electron chi connectivity index (χ3n) is 1.17. The van der Waals surface area contributed by atoms with Gasteiger partial charge in [0.2, 0.25) is 0 Å². The molecule has 0 amide bonds. The SMILES string of the molecule is CCS.Cc1cccc(C)c1. The van der Waals surface area contributed by atoms with Gasteiger partial charge >= 0.3 is 0 Å². The minimum atomic E-state index is 0.944. The van der Waals surface area contributed by atoms with Crippen molar-refractivity contribution in [1.82, 2.24) is 0 Å². The maximum Gasteiger partial charge on any atom is -0.0126 e. The van der Waals surface area contributed by atoms with E-state index in [1.54, 1.807) is 0 Å². The Morgan fingerprint density at radius 2 is 1.55 bits per heavy atom. The Morgan fingerprint density at radius 3 is 1.73 bits per heavy atom. The summed E-state index contributed by atoms with van der Waals surface area (Å²) in [4.78, 5) is 0. The van der Waals surface area contributed by atoms with Crippen LogP contribution in [0.2, 0.25) is 0 Å². The highest BCUT2D eigenvalue weighted by Crippen LogP contribution is 2.00. The average molecular weight is 168 g/mol. The third kappa shape index (κ3) is 5.99. The molecule has 62 valence electrons. The summed E-state index contributed by atoms with van der Waals surface area (Å²) in [6.45, 7) is 6.20. The van der Waals surface area contributed by atoms with E-state index < -0.39 is 0 Å². The lowest BCUT2D eigenvalue weighted by atomic mass is 10.2. The molecule has 1 aromatic rings. The van der Waals surface area contributed by atoms with E-state index >= 15 is 0 Å². The Bertz CT molecular complexity index is 177. The Balaban J connectivity index is 0.000000292. The van der Waals surface area contributed by atoms with Gasteiger partial charge in [0, 0.05) is 0 Å². The molecule has 0 spiro atoms. The Morgan fingerprint density at radius 1 is 1.18 bits per heavy atom. The second kappa shape index (κ2) is 6.29. The van der Waals surface area contributed by atoms with Crippen LogP contribution < -0.4 is 0 Å². The van der Waals surface area contributed by atoms with Crippen LogP contribution in [0.15, 0.2) is 24.3 Å². The monoisotopic (exact) mass is 168 g/mol. The molecule has 0 saturated carbocycles. The minimum Gasteiger partial charge on any atom is -0.180 e. The Labute approximate surface area is 75.1 Å². The summed E-state index contributed by atoms with van der Waals surface area (Å²) in [6.07, 6.45) is 0. The van der Waals surface area contributed by atoms with E-state index in [4.69, 9.17) is 0 Å². The summed E-state index contributed by atoms with van der Waals surface area (Å²) in [7, 11) is 0. The lowest BCUT2D eigenvalue weighted by molar-refractivity contribution is 1.39. The van der Waals surface area contributed by atoms with Gasteiger partial charge in [-0.25, -0.2) is 0 Å². The summed E-state index contributed by atoms with van der Waals surface area (Å²) >= 11 is 3.79. The molecule has 1 rings (SSSR count). The van der Waals surface area contributed by atoms with Crippen molar-refractivity contribution in [1.29, 1.82) is 0 Å². The first-order valence-corrected chi connectivity index (χ1v) is 4.48. The molecule has 0 saturated heterocycles. The molecule has 0 aliphatic heterocycles. The molecule has 1 heteroatoms. The molecule has 0 fully saturated rings. The Kier molecular flexibility index (Phi) is 6.05. The zero-order valence-corrected chi connectivity index (χ0v) is 8.36. The highest BCUT2D eigenvalue weighted by molar-refractivity contribution is 7.80. The van der Waals surface area contributed by atoms with Gasteiger partial charge in [-0.15, -0.1) is 0 Å². The maximum absolute atomic E-state index is 3.79. The largest absolute Gasteiger partial charge is 0.180 e. The van der Waals surface area contributed by atoms with Crippen molar-refractivity contribution in [3.8, 4) is 0 Å². The predicted octanol–water partition coefficient (Wildman–Crippen LogP) is 3.24. The van der Waals surface area contributed by atoms with Crippen LogP contribution in [0.25, 0.3) is 0 Å². The number of thiol groups is 1. The van der Waals surface area contributed by atoms with Crippen molar-refractivity contribution in [2.75, 3.05) is 5.75 Å². The first kappa shape index (κ1) is 10.6. The fourth-order valence-corrected chi connectivity index (χ4v) is 0.807. The van der Waals surface area contributed by atoms with Crippen LogP contribution >= 0.6 is 12.6 Å². The lowest BCUT2D eigenvalue weighted by Crippen LogP contribution is -1.71. The summed E-state index contributed by atoms with van der Waals surface area (Å²) < 4.78 is 0. The molecular weight excluding hydrogens is 152 g/mol. The van der Waals surface area contributed by atoms with E-state index in [0.29, 0.717) is 0 Å². The number of hydrogen-bond acceptors (Lipinski definition) is 1. The molecule has 0 unspecified atom stereocenters. The number of benzene rings is 1. The summed E-state index contributed by atoms with van der Waals surface area (Å²) in [5.41, 5.74) is 2.68. The maximum atomic E-state index is 3.79. The first-order chi connectivity index (χ1) is 5.20. The minimum absolute atomic E-state index is 0.944. The van der Waals surface area contributed by atoms with Crippen molar-refractivity contribution in [2.24, 2.45) is 0 Å². The smallest absolute Gasteiger partial charge is 0.0126 e. The zero-order valence-electron chi connectivity index (χ0n) is 7.46. The second-order valence-corrected chi connectivity index (χ2v) is 3.11. The van der Waals surface area contributed by atoms with Crippen LogP contribution in [0.1, 0.15) is 18.1 Å². The molecule has 0 aliphatic carbocycles. The molecule has 0 aliphatic rings. The molecular formula is C10H16S. The van der Waals surface area contributed by atoms with Gasteiger partial charge in [0.1, 0.15) is 0 Å².